The molecule has 3 nitrogen and oxygen atoms in total. The maximum Gasteiger partial charge on any atom is 0.246 e. The van der Waals surface area contributed by atoms with E-state index >= 15 is 0 Å². The summed E-state index contributed by atoms with van der Waals surface area (Å²) in [6.07, 6.45) is 8.85. The van der Waals surface area contributed by atoms with Gasteiger partial charge in [0.2, 0.25) is 5.91 Å². The lowest BCUT2D eigenvalue weighted by molar-refractivity contribution is -0.125. The van der Waals surface area contributed by atoms with Crippen LogP contribution in [0.4, 0.5) is 0 Å². The summed E-state index contributed by atoms with van der Waals surface area (Å²) in [6.45, 7) is 3.98. The molecular formula is C16H22N2OS. The predicted molar refractivity (Wildman–Crippen MR) is 83.8 cm³/mol. The van der Waals surface area contributed by atoms with Gasteiger partial charge in [0.05, 0.1) is 0 Å². The molecule has 1 aliphatic heterocycles. The molecule has 2 heterocycles. The molecular weight excluding hydrogens is 268 g/mol. The number of thiophene rings is 1. The smallest absolute Gasteiger partial charge is 0.246 e. The molecule has 1 aliphatic carbocycles. The van der Waals surface area contributed by atoms with E-state index in [9.17, 15) is 4.79 Å². The molecule has 1 aromatic heterocycles. The van der Waals surface area contributed by atoms with Crippen LogP contribution in [0.15, 0.2) is 23.6 Å². The van der Waals surface area contributed by atoms with Crippen LogP contribution >= 0.6 is 11.3 Å². The molecule has 0 atom stereocenters. The Morgan fingerprint density at radius 3 is 2.80 bits per heavy atom. The van der Waals surface area contributed by atoms with Gasteiger partial charge >= 0.3 is 0 Å². The number of amides is 1. The number of nitrogens with zero attached hydrogens (tertiary/aromatic N) is 2. The fraction of sp³-hybridized carbons (Fsp3) is 0.562. The molecule has 2 aliphatic rings. The monoisotopic (exact) mass is 290 g/mol. The number of carbonyl (C=O) groups excluding carboxylic acids is 1. The standard InChI is InChI=1S/C16H22N2OS/c19-16(8-7-15-6-2-13-20-15)18-10-3-9-17(11-12-18)14-4-1-5-14/h2,6-8,13-14H,1,3-5,9-12H2. The zero-order chi connectivity index (χ0) is 13.8. The Bertz CT molecular complexity index is 465. The first-order valence-electron chi connectivity index (χ1n) is 7.57. The quantitative estimate of drug-likeness (QED) is 0.799. The van der Waals surface area contributed by atoms with E-state index < -0.39 is 0 Å². The minimum absolute atomic E-state index is 0.161. The molecule has 108 valence electrons. The van der Waals surface area contributed by atoms with Crippen molar-refractivity contribution in [3.05, 3.63) is 28.5 Å². The van der Waals surface area contributed by atoms with Crippen molar-refractivity contribution < 1.29 is 4.79 Å². The molecule has 2 fully saturated rings. The number of hydrogen-bond donors (Lipinski definition) is 0. The van der Waals surface area contributed by atoms with Gasteiger partial charge in [-0.05, 0) is 36.8 Å². The normalized spacial score (nSPS) is 21.9. The summed E-state index contributed by atoms with van der Waals surface area (Å²) >= 11 is 1.66. The average molecular weight is 290 g/mol. The maximum atomic E-state index is 12.2. The van der Waals surface area contributed by atoms with Crippen molar-refractivity contribution in [3.63, 3.8) is 0 Å². The third-order valence-electron chi connectivity index (χ3n) is 4.37. The molecule has 1 aromatic rings. The van der Waals surface area contributed by atoms with Crippen LogP contribution in [0.5, 0.6) is 0 Å². The molecule has 0 bridgehead atoms. The van der Waals surface area contributed by atoms with E-state index in [1.807, 2.05) is 28.5 Å². The molecule has 1 saturated heterocycles. The highest BCUT2D eigenvalue weighted by Gasteiger charge is 2.27. The molecule has 1 saturated carbocycles. The Morgan fingerprint density at radius 1 is 1.20 bits per heavy atom. The zero-order valence-electron chi connectivity index (χ0n) is 11.8. The first-order chi connectivity index (χ1) is 9.83. The summed E-state index contributed by atoms with van der Waals surface area (Å²) in [7, 11) is 0. The molecule has 0 radical (unpaired) electrons. The van der Waals surface area contributed by atoms with Crippen molar-refractivity contribution in [3.8, 4) is 0 Å². The van der Waals surface area contributed by atoms with Crippen LogP contribution in [0.3, 0.4) is 0 Å². The van der Waals surface area contributed by atoms with Gasteiger partial charge in [-0.3, -0.25) is 9.69 Å². The van der Waals surface area contributed by atoms with Gasteiger partial charge in [-0.25, -0.2) is 0 Å². The maximum absolute atomic E-state index is 12.2. The Kier molecular flexibility index (Phi) is 4.53. The van der Waals surface area contributed by atoms with Crippen molar-refractivity contribution in [2.75, 3.05) is 26.2 Å². The molecule has 20 heavy (non-hydrogen) atoms. The van der Waals surface area contributed by atoms with E-state index in [0.29, 0.717) is 0 Å². The Labute approximate surface area is 124 Å². The zero-order valence-corrected chi connectivity index (χ0v) is 12.6. The summed E-state index contributed by atoms with van der Waals surface area (Å²) < 4.78 is 0. The summed E-state index contributed by atoms with van der Waals surface area (Å²) in [4.78, 5) is 18.0. The van der Waals surface area contributed by atoms with Crippen LogP contribution in [0.25, 0.3) is 6.08 Å². The molecule has 0 aromatic carbocycles. The van der Waals surface area contributed by atoms with Gasteiger partial charge in [0.1, 0.15) is 0 Å². The Hall–Kier alpha value is -1.13. The summed E-state index contributed by atoms with van der Waals surface area (Å²) in [5, 5.41) is 2.03. The van der Waals surface area contributed by atoms with Crippen LogP contribution in [0, 0.1) is 0 Å². The van der Waals surface area contributed by atoms with Gasteiger partial charge < -0.3 is 4.90 Å². The number of rotatable bonds is 3. The van der Waals surface area contributed by atoms with Crippen LogP contribution < -0.4 is 0 Å². The van der Waals surface area contributed by atoms with Gasteiger partial charge in [-0.2, -0.15) is 0 Å². The summed E-state index contributed by atoms with van der Waals surface area (Å²) in [5.74, 6) is 0.161. The lowest BCUT2D eigenvalue weighted by atomic mass is 9.91. The SMILES string of the molecule is O=C(C=Cc1cccs1)N1CCCN(C2CCC2)CC1. The van der Waals surface area contributed by atoms with Crippen molar-refractivity contribution in [1.82, 2.24) is 9.80 Å². The van der Waals surface area contributed by atoms with E-state index in [1.165, 1.54) is 19.3 Å². The van der Waals surface area contributed by atoms with Crippen molar-refractivity contribution >= 4 is 23.3 Å². The van der Waals surface area contributed by atoms with Gasteiger partial charge in [0, 0.05) is 43.2 Å². The van der Waals surface area contributed by atoms with E-state index in [1.54, 1.807) is 17.4 Å². The highest BCUT2D eigenvalue weighted by Crippen LogP contribution is 2.25. The topological polar surface area (TPSA) is 23.6 Å². The second kappa shape index (κ2) is 6.55. The minimum Gasteiger partial charge on any atom is -0.338 e. The van der Waals surface area contributed by atoms with Gasteiger partial charge in [-0.15, -0.1) is 11.3 Å². The van der Waals surface area contributed by atoms with Crippen molar-refractivity contribution in [1.29, 1.82) is 0 Å². The number of carbonyl (C=O) groups is 1. The van der Waals surface area contributed by atoms with E-state index in [-0.39, 0.29) is 5.91 Å². The molecule has 3 rings (SSSR count). The van der Waals surface area contributed by atoms with Crippen LogP contribution in [0.2, 0.25) is 0 Å². The van der Waals surface area contributed by atoms with Crippen LogP contribution in [-0.2, 0) is 4.79 Å². The fourth-order valence-electron chi connectivity index (χ4n) is 2.92. The third kappa shape index (κ3) is 3.30. The molecule has 4 heteroatoms. The van der Waals surface area contributed by atoms with E-state index in [2.05, 4.69) is 4.90 Å². The van der Waals surface area contributed by atoms with Gasteiger partial charge in [-0.1, -0.05) is 12.5 Å². The lowest BCUT2D eigenvalue weighted by Gasteiger charge is -2.36. The first-order valence-corrected chi connectivity index (χ1v) is 8.45. The van der Waals surface area contributed by atoms with E-state index in [4.69, 9.17) is 0 Å². The first kappa shape index (κ1) is 13.8. The third-order valence-corrected chi connectivity index (χ3v) is 5.20. The van der Waals surface area contributed by atoms with Gasteiger partial charge in [0.15, 0.2) is 0 Å². The fourth-order valence-corrected chi connectivity index (χ4v) is 3.54. The minimum atomic E-state index is 0.161. The second-order valence-electron chi connectivity index (χ2n) is 5.65. The van der Waals surface area contributed by atoms with Crippen molar-refractivity contribution in [2.24, 2.45) is 0 Å². The van der Waals surface area contributed by atoms with Crippen molar-refractivity contribution in [2.45, 2.75) is 31.7 Å². The van der Waals surface area contributed by atoms with Crippen LogP contribution in [0.1, 0.15) is 30.6 Å². The van der Waals surface area contributed by atoms with Crippen LogP contribution in [-0.4, -0.2) is 47.9 Å². The summed E-state index contributed by atoms with van der Waals surface area (Å²) in [5.41, 5.74) is 0. The Morgan fingerprint density at radius 2 is 2.10 bits per heavy atom. The largest absolute Gasteiger partial charge is 0.338 e. The predicted octanol–water partition coefficient (Wildman–Crippen LogP) is 2.85. The van der Waals surface area contributed by atoms with Gasteiger partial charge in [0.25, 0.3) is 0 Å². The molecule has 0 spiro atoms. The highest BCUT2D eigenvalue weighted by molar-refractivity contribution is 7.10. The van der Waals surface area contributed by atoms with E-state index in [0.717, 1.165) is 43.5 Å². The Balaban J connectivity index is 1.53. The highest BCUT2D eigenvalue weighted by atomic mass is 32.1. The lowest BCUT2D eigenvalue weighted by Crippen LogP contribution is -2.42. The summed E-state index contributed by atoms with van der Waals surface area (Å²) in [6, 6.07) is 4.85. The molecule has 1 amide bonds. The number of hydrogen-bond acceptors (Lipinski definition) is 3. The molecule has 0 N–H and O–H groups in total. The average Bonchev–Trinajstić information content (AvgIpc) is 2.80. The second-order valence-corrected chi connectivity index (χ2v) is 6.63. The molecule has 0 unspecified atom stereocenters.